The molecule has 0 spiro atoms. The van der Waals surface area contributed by atoms with E-state index in [9.17, 15) is 0 Å². The maximum atomic E-state index is 5.59. The monoisotopic (exact) mass is 272 g/mol. The van der Waals surface area contributed by atoms with Crippen LogP contribution < -0.4 is 0 Å². The Bertz CT molecular complexity index is 291. The number of benzene rings is 1. The summed E-state index contributed by atoms with van der Waals surface area (Å²) in [6, 6.07) is 10.4. The van der Waals surface area contributed by atoms with Gasteiger partial charge in [0.05, 0.1) is 12.7 Å². The van der Waals surface area contributed by atoms with Crippen molar-refractivity contribution >= 4 is 23.8 Å². The maximum absolute atomic E-state index is 5.59. The van der Waals surface area contributed by atoms with Gasteiger partial charge in [0.15, 0.2) is 0 Å². The topological polar surface area (TPSA) is 18.5 Å². The minimum absolute atomic E-state index is 0.137. The van der Waals surface area contributed by atoms with E-state index in [4.69, 9.17) is 8.92 Å². The summed E-state index contributed by atoms with van der Waals surface area (Å²) < 4.78 is 11.2. The first-order chi connectivity index (χ1) is 8.22. The van der Waals surface area contributed by atoms with Crippen LogP contribution in [0.3, 0.4) is 0 Å². The highest BCUT2D eigenvalue weighted by Crippen LogP contribution is 2.20. The number of hydrogen-bond donors (Lipinski definition) is 0. The Morgan fingerprint density at radius 3 is 2.47 bits per heavy atom. The van der Waals surface area contributed by atoms with Crippen molar-refractivity contribution < 1.29 is 8.92 Å². The lowest BCUT2D eigenvalue weighted by Crippen LogP contribution is -2.22. The molecule has 1 rings (SSSR count). The quantitative estimate of drug-likeness (QED) is 0.528. The van der Waals surface area contributed by atoms with Crippen LogP contribution in [-0.2, 0) is 8.92 Å². The zero-order valence-corrected chi connectivity index (χ0v) is 12.2. The Hall–Kier alpha value is -0.160. The highest BCUT2D eigenvalue weighted by molar-refractivity contribution is 7.99. The van der Waals surface area contributed by atoms with Crippen molar-refractivity contribution in [3.05, 3.63) is 30.3 Å². The number of rotatable bonds is 8. The van der Waals surface area contributed by atoms with Crippen LogP contribution in [0, 0.1) is 0 Å². The van der Waals surface area contributed by atoms with Gasteiger partial charge in [-0.1, -0.05) is 18.2 Å². The Labute approximate surface area is 113 Å². The van der Waals surface area contributed by atoms with Crippen LogP contribution in [0.4, 0.5) is 0 Å². The van der Waals surface area contributed by atoms with Crippen LogP contribution >= 0.6 is 23.8 Å². The van der Waals surface area contributed by atoms with Crippen LogP contribution in [0.15, 0.2) is 35.2 Å². The van der Waals surface area contributed by atoms with E-state index >= 15 is 0 Å². The van der Waals surface area contributed by atoms with Crippen molar-refractivity contribution in [2.45, 2.75) is 31.0 Å². The van der Waals surface area contributed by atoms with E-state index in [1.54, 1.807) is 11.8 Å². The SMILES string of the molecule is CSOC(COC(C)C)CSc1ccccc1. The third-order valence-electron chi connectivity index (χ3n) is 2.03. The lowest BCUT2D eigenvalue weighted by molar-refractivity contribution is 0.0315. The molecule has 96 valence electrons. The molecule has 0 N–H and O–H groups in total. The molecule has 0 fully saturated rings. The Balaban J connectivity index is 2.33. The van der Waals surface area contributed by atoms with Gasteiger partial charge in [-0.05, 0) is 38.0 Å². The van der Waals surface area contributed by atoms with Crippen LogP contribution in [0.25, 0.3) is 0 Å². The van der Waals surface area contributed by atoms with Crippen LogP contribution in [0.2, 0.25) is 0 Å². The van der Waals surface area contributed by atoms with Gasteiger partial charge in [0, 0.05) is 16.9 Å². The van der Waals surface area contributed by atoms with Gasteiger partial charge in [-0.2, -0.15) is 0 Å². The second-order valence-corrected chi connectivity index (χ2v) is 5.51. The van der Waals surface area contributed by atoms with E-state index in [2.05, 4.69) is 24.3 Å². The molecule has 0 aliphatic heterocycles. The van der Waals surface area contributed by atoms with E-state index in [1.807, 2.05) is 26.2 Å². The zero-order valence-electron chi connectivity index (χ0n) is 10.6. The molecule has 0 aliphatic carbocycles. The fraction of sp³-hybridized carbons (Fsp3) is 0.538. The first-order valence-electron chi connectivity index (χ1n) is 5.71. The molecule has 2 nitrogen and oxygen atoms in total. The van der Waals surface area contributed by atoms with E-state index in [0.717, 1.165) is 5.75 Å². The number of hydrogen-bond acceptors (Lipinski definition) is 4. The molecule has 0 aromatic heterocycles. The van der Waals surface area contributed by atoms with Crippen molar-refractivity contribution in [2.75, 3.05) is 18.6 Å². The van der Waals surface area contributed by atoms with Gasteiger partial charge in [0.2, 0.25) is 0 Å². The van der Waals surface area contributed by atoms with Gasteiger partial charge in [-0.25, -0.2) is 0 Å². The summed E-state index contributed by atoms with van der Waals surface area (Å²) in [6.45, 7) is 4.74. The van der Waals surface area contributed by atoms with Crippen molar-refractivity contribution in [3.8, 4) is 0 Å². The Morgan fingerprint density at radius 1 is 1.18 bits per heavy atom. The molecule has 0 amide bonds. The zero-order chi connectivity index (χ0) is 12.5. The van der Waals surface area contributed by atoms with Gasteiger partial charge >= 0.3 is 0 Å². The molecule has 1 unspecified atom stereocenters. The van der Waals surface area contributed by atoms with Crippen molar-refractivity contribution in [1.82, 2.24) is 0 Å². The average Bonchev–Trinajstić information content (AvgIpc) is 2.34. The van der Waals surface area contributed by atoms with Crippen molar-refractivity contribution in [2.24, 2.45) is 0 Å². The third kappa shape index (κ3) is 6.99. The summed E-state index contributed by atoms with van der Waals surface area (Å²) >= 11 is 3.21. The summed E-state index contributed by atoms with van der Waals surface area (Å²) in [5.41, 5.74) is 0. The molecule has 0 saturated heterocycles. The molecule has 0 bridgehead atoms. The number of thioether (sulfide) groups is 1. The Kier molecular flexibility index (Phi) is 7.77. The molecular weight excluding hydrogens is 252 g/mol. The molecule has 1 atom stereocenters. The average molecular weight is 272 g/mol. The van der Waals surface area contributed by atoms with Crippen LogP contribution in [0.1, 0.15) is 13.8 Å². The van der Waals surface area contributed by atoms with Crippen LogP contribution in [0.5, 0.6) is 0 Å². The van der Waals surface area contributed by atoms with Crippen molar-refractivity contribution in [3.63, 3.8) is 0 Å². The van der Waals surface area contributed by atoms with Gasteiger partial charge in [0.25, 0.3) is 0 Å². The normalized spacial score (nSPS) is 12.9. The predicted octanol–water partition coefficient (Wildman–Crippen LogP) is 3.87. The van der Waals surface area contributed by atoms with Gasteiger partial charge in [-0.15, -0.1) is 11.8 Å². The van der Waals surface area contributed by atoms with Gasteiger partial charge in [0.1, 0.15) is 6.10 Å². The van der Waals surface area contributed by atoms with E-state index in [0.29, 0.717) is 6.61 Å². The predicted molar refractivity (Wildman–Crippen MR) is 76.6 cm³/mol. The lowest BCUT2D eigenvalue weighted by atomic mass is 10.4. The molecule has 0 aliphatic rings. The second-order valence-electron chi connectivity index (χ2n) is 3.89. The molecule has 0 saturated carbocycles. The summed E-state index contributed by atoms with van der Waals surface area (Å²) in [6.07, 6.45) is 2.33. The minimum atomic E-state index is 0.137. The highest BCUT2D eigenvalue weighted by atomic mass is 32.2. The molecule has 1 aromatic carbocycles. The fourth-order valence-electron chi connectivity index (χ4n) is 1.25. The standard InChI is InChI=1S/C13H20O2S2/c1-11(2)14-9-12(15-16-3)10-17-13-7-5-4-6-8-13/h4-8,11-12H,9-10H2,1-3H3. The fourth-order valence-corrected chi connectivity index (χ4v) is 2.62. The molecule has 0 heterocycles. The first kappa shape index (κ1) is 14.9. The van der Waals surface area contributed by atoms with Crippen molar-refractivity contribution in [1.29, 1.82) is 0 Å². The number of ether oxygens (including phenoxy) is 1. The van der Waals surface area contributed by atoms with E-state index < -0.39 is 0 Å². The molecule has 4 heteroatoms. The second kappa shape index (κ2) is 8.86. The summed E-state index contributed by atoms with van der Waals surface area (Å²) in [7, 11) is 0. The van der Waals surface area contributed by atoms with E-state index in [-0.39, 0.29) is 12.2 Å². The molecule has 17 heavy (non-hydrogen) atoms. The molecule has 0 radical (unpaired) electrons. The highest BCUT2D eigenvalue weighted by Gasteiger charge is 2.11. The Morgan fingerprint density at radius 2 is 1.88 bits per heavy atom. The van der Waals surface area contributed by atoms with Gasteiger partial charge in [-0.3, -0.25) is 0 Å². The van der Waals surface area contributed by atoms with Crippen LogP contribution in [-0.4, -0.2) is 30.8 Å². The van der Waals surface area contributed by atoms with Gasteiger partial charge < -0.3 is 8.92 Å². The largest absolute Gasteiger partial charge is 0.376 e. The first-order valence-corrected chi connectivity index (χ1v) is 7.85. The summed E-state index contributed by atoms with van der Waals surface area (Å²) in [4.78, 5) is 1.27. The minimum Gasteiger partial charge on any atom is -0.376 e. The maximum Gasteiger partial charge on any atom is 0.105 e. The summed E-state index contributed by atoms with van der Waals surface area (Å²) in [5.74, 6) is 0.914. The lowest BCUT2D eigenvalue weighted by Gasteiger charge is -2.17. The molecular formula is C13H20O2S2. The summed E-state index contributed by atoms with van der Waals surface area (Å²) in [5, 5.41) is 0. The molecule has 1 aromatic rings. The van der Waals surface area contributed by atoms with E-state index in [1.165, 1.54) is 16.9 Å². The third-order valence-corrected chi connectivity index (χ3v) is 3.64. The smallest absolute Gasteiger partial charge is 0.105 e.